The zero-order valence-corrected chi connectivity index (χ0v) is 24.2. The van der Waals surface area contributed by atoms with Gasteiger partial charge in [0.15, 0.2) is 0 Å². The Kier molecular flexibility index (Phi) is 5.64. The molecule has 0 saturated heterocycles. The summed E-state index contributed by atoms with van der Waals surface area (Å²) in [6.07, 6.45) is 0.988. The third kappa shape index (κ3) is 4.01. The van der Waals surface area contributed by atoms with E-state index in [4.69, 9.17) is 0 Å². The smallest absolute Gasteiger partial charge is 0.0541 e. The first kappa shape index (κ1) is 24.9. The van der Waals surface area contributed by atoms with E-state index in [0.717, 1.165) is 6.42 Å². The SMILES string of the molecule is c1ccc(-c2cccc(-c3ccc4c(c3)-c3cc(-c5ccc(-n6c7ccccc7c7ccccc76)cc5)ccc3C4)c2)cc1. The van der Waals surface area contributed by atoms with Crippen LogP contribution in [-0.2, 0) is 6.42 Å². The Bertz CT molecular complexity index is 2290. The van der Waals surface area contributed by atoms with Gasteiger partial charge in [0.1, 0.15) is 0 Å². The lowest BCUT2D eigenvalue weighted by Crippen LogP contribution is -1.93. The molecule has 0 atom stereocenters. The molecule has 0 unspecified atom stereocenters. The minimum atomic E-state index is 0.988. The lowest BCUT2D eigenvalue weighted by atomic mass is 9.95. The van der Waals surface area contributed by atoms with Crippen LogP contribution < -0.4 is 0 Å². The topological polar surface area (TPSA) is 4.93 Å². The number of aromatic nitrogens is 1. The van der Waals surface area contributed by atoms with Crippen LogP contribution in [0.3, 0.4) is 0 Å². The van der Waals surface area contributed by atoms with Crippen molar-refractivity contribution in [3.05, 3.63) is 175 Å². The molecular formula is C43H29N. The van der Waals surface area contributed by atoms with E-state index in [2.05, 4.69) is 168 Å². The standard InChI is InChI=1S/C43H29N/c1-2-9-29(10-3-1)31-11-8-12-32(25-31)34-18-20-36-26-35-19-17-33(27-40(35)41(36)28-34)30-21-23-37(24-22-30)44-42-15-6-4-13-38(42)39-14-5-7-16-43(39)44/h1-25,27-28H,26H2. The molecule has 8 aromatic rings. The van der Waals surface area contributed by atoms with Crippen LogP contribution in [0.4, 0.5) is 0 Å². The highest BCUT2D eigenvalue weighted by atomic mass is 15.0. The van der Waals surface area contributed by atoms with Crippen LogP contribution in [-0.4, -0.2) is 4.57 Å². The molecule has 0 bridgehead atoms. The van der Waals surface area contributed by atoms with Gasteiger partial charge in [-0.25, -0.2) is 0 Å². The molecule has 0 spiro atoms. The highest BCUT2D eigenvalue weighted by molar-refractivity contribution is 6.09. The summed E-state index contributed by atoms with van der Waals surface area (Å²) >= 11 is 0. The van der Waals surface area contributed by atoms with Crippen LogP contribution in [0, 0.1) is 0 Å². The molecule has 1 aliphatic rings. The van der Waals surface area contributed by atoms with E-state index in [9.17, 15) is 0 Å². The maximum Gasteiger partial charge on any atom is 0.0541 e. The summed E-state index contributed by atoms with van der Waals surface area (Å²) in [4.78, 5) is 0. The molecule has 7 aromatic carbocycles. The summed E-state index contributed by atoms with van der Waals surface area (Å²) in [6, 6.07) is 59.9. The van der Waals surface area contributed by atoms with Crippen LogP contribution in [0.5, 0.6) is 0 Å². The van der Waals surface area contributed by atoms with Crippen LogP contribution in [0.2, 0.25) is 0 Å². The number of hydrogen-bond donors (Lipinski definition) is 0. The van der Waals surface area contributed by atoms with Gasteiger partial charge in [-0.1, -0.05) is 121 Å². The lowest BCUT2D eigenvalue weighted by Gasteiger charge is -2.11. The predicted molar refractivity (Wildman–Crippen MR) is 185 cm³/mol. The van der Waals surface area contributed by atoms with Crippen molar-refractivity contribution in [2.45, 2.75) is 6.42 Å². The number of rotatable bonds is 4. The Balaban J connectivity index is 1.08. The molecular weight excluding hydrogens is 530 g/mol. The fourth-order valence-electron chi connectivity index (χ4n) is 7.04. The van der Waals surface area contributed by atoms with E-state index in [1.165, 1.54) is 83.1 Å². The molecule has 206 valence electrons. The second-order valence-corrected chi connectivity index (χ2v) is 11.8. The van der Waals surface area contributed by atoms with E-state index in [-0.39, 0.29) is 0 Å². The van der Waals surface area contributed by atoms with Crippen molar-refractivity contribution in [2.75, 3.05) is 0 Å². The Hall–Kier alpha value is -5.66. The predicted octanol–water partition coefficient (Wildman–Crippen LogP) is 11.4. The van der Waals surface area contributed by atoms with Crippen molar-refractivity contribution in [2.24, 2.45) is 0 Å². The van der Waals surface area contributed by atoms with Crippen molar-refractivity contribution in [1.82, 2.24) is 4.57 Å². The van der Waals surface area contributed by atoms with Crippen LogP contribution >= 0.6 is 0 Å². The van der Waals surface area contributed by atoms with Crippen LogP contribution in [0.25, 0.3) is 72.0 Å². The van der Waals surface area contributed by atoms with Gasteiger partial charge < -0.3 is 4.57 Å². The summed E-state index contributed by atoms with van der Waals surface area (Å²) in [6.45, 7) is 0. The first-order chi connectivity index (χ1) is 21.8. The molecule has 1 nitrogen and oxygen atoms in total. The zero-order chi connectivity index (χ0) is 29.0. The maximum atomic E-state index is 2.39. The average molecular weight is 560 g/mol. The molecule has 0 amide bonds. The van der Waals surface area contributed by atoms with Crippen molar-refractivity contribution in [3.8, 4) is 50.2 Å². The first-order valence-electron chi connectivity index (χ1n) is 15.3. The monoisotopic (exact) mass is 559 g/mol. The summed E-state index contributed by atoms with van der Waals surface area (Å²) in [5, 5.41) is 2.58. The normalized spacial score (nSPS) is 12.0. The molecule has 1 aliphatic carbocycles. The van der Waals surface area contributed by atoms with E-state index in [1.54, 1.807) is 0 Å². The van der Waals surface area contributed by atoms with Gasteiger partial charge in [-0.15, -0.1) is 0 Å². The van der Waals surface area contributed by atoms with Crippen LogP contribution in [0.15, 0.2) is 164 Å². The zero-order valence-electron chi connectivity index (χ0n) is 24.2. The molecule has 1 heterocycles. The van der Waals surface area contributed by atoms with E-state index in [1.807, 2.05) is 0 Å². The number of hydrogen-bond acceptors (Lipinski definition) is 0. The van der Waals surface area contributed by atoms with Gasteiger partial charge in [-0.2, -0.15) is 0 Å². The Labute approximate surface area is 257 Å². The van der Waals surface area contributed by atoms with Crippen molar-refractivity contribution in [3.63, 3.8) is 0 Å². The fourth-order valence-corrected chi connectivity index (χ4v) is 7.04. The summed E-state index contributed by atoms with van der Waals surface area (Å²) in [5.74, 6) is 0. The Morgan fingerprint density at radius 1 is 0.341 bits per heavy atom. The minimum Gasteiger partial charge on any atom is -0.309 e. The Morgan fingerprint density at radius 2 is 0.795 bits per heavy atom. The highest BCUT2D eigenvalue weighted by Gasteiger charge is 2.20. The molecule has 0 fully saturated rings. The van der Waals surface area contributed by atoms with Gasteiger partial charge in [0.25, 0.3) is 0 Å². The summed E-state index contributed by atoms with van der Waals surface area (Å²) in [5.41, 5.74) is 16.7. The van der Waals surface area contributed by atoms with Gasteiger partial charge in [0.2, 0.25) is 0 Å². The second kappa shape index (κ2) is 9.97. The van der Waals surface area contributed by atoms with E-state index >= 15 is 0 Å². The van der Waals surface area contributed by atoms with E-state index in [0.29, 0.717) is 0 Å². The summed E-state index contributed by atoms with van der Waals surface area (Å²) in [7, 11) is 0. The number of benzene rings is 7. The molecule has 0 aliphatic heterocycles. The average Bonchev–Trinajstić information content (AvgIpc) is 3.64. The first-order valence-corrected chi connectivity index (χ1v) is 15.3. The molecule has 9 rings (SSSR count). The Morgan fingerprint density at radius 3 is 1.43 bits per heavy atom. The highest BCUT2D eigenvalue weighted by Crippen LogP contribution is 2.41. The van der Waals surface area contributed by atoms with Gasteiger partial charge in [0, 0.05) is 16.5 Å². The molecule has 0 saturated carbocycles. The molecule has 1 heteroatoms. The largest absolute Gasteiger partial charge is 0.309 e. The third-order valence-electron chi connectivity index (χ3n) is 9.23. The molecule has 0 radical (unpaired) electrons. The van der Waals surface area contributed by atoms with Gasteiger partial charge in [-0.05, 0) is 105 Å². The molecule has 0 N–H and O–H groups in total. The minimum absolute atomic E-state index is 0.988. The van der Waals surface area contributed by atoms with Crippen molar-refractivity contribution >= 4 is 21.8 Å². The van der Waals surface area contributed by atoms with Gasteiger partial charge in [-0.3, -0.25) is 0 Å². The van der Waals surface area contributed by atoms with Gasteiger partial charge in [0.05, 0.1) is 11.0 Å². The van der Waals surface area contributed by atoms with Gasteiger partial charge >= 0.3 is 0 Å². The third-order valence-corrected chi connectivity index (χ3v) is 9.23. The lowest BCUT2D eigenvalue weighted by molar-refractivity contribution is 1.18. The van der Waals surface area contributed by atoms with E-state index < -0.39 is 0 Å². The number of para-hydroxylation sites is 2. The second-order valence-electron chi connectivity index (χ2n) is 11.8. The quantitative estimate of drug-likeness (QED) is 0.202. The van der Waals surface area contributed by atoms with Crippen molar-refractivity contribution in [1.29, 1.82) is 0 Å². The van der Waals surface area contributed by atoms with Crippen molar-refractivity contribution < 1.29 is 0 Å². The fraction of sp³-hybridized carbons (Fsp3) is 0.0233. The summed E-state index contributed by atoms with van der Waals surface area (Å²) < 4.78 is 2.38. The molecule has 44 heavy (non-hydrogen) atoms. The molecule has 1 aromatic heterocycles. The van der Waals surface area contributed by atoms with Crippen LogP contribution in [0.1, 0.15) is 11.1 Å². The number of nitrogens with zero attached hydrogens (tertiary/aromatic N) is 1. The maximum absolute atomic E-state index is 2.39. The number of fused-ring (bicyclic) bond motifs is 6.